The van der Waals surface area contributed by atoms with Gasteiger partial charge in [-0.15, -0.1) is 0 Å². The number of carbonyl (C=O) groups excluding carboxylic acids is 2. The lowest BCUT2D eigenvalue weighted by Crippen LogP contribution is -2.48. The molecule has 2 amide bonds. The van der Waals surface area contributed by atoms with Crippen LogP contribution in [0.2, 0.25) is 0 Å². The molecule has 1 fully saturated rings. The first-order valence-corrected chi connectivity index (χ1v) is 6.90. The van der Waals surface area contributed by atoms with Gasteiger partial charge in [0.15, 0.2) is 5.54 Å². The molecule has 7 nitrogen and oxygen atoms in total. The first kappa shape index (κ1) is 14.8. The largest absolute Gasteiger partial charge is 0.444 e. The molecule has 0 aromatic rings. The minimum atomic E-state index is -0.750. The molecule has 1 unspecified atom stereocenters. The second-order valence-corrected chi connectivity index (χ2v) is 6.07. The third-order valence-corrected chi connectivity index (χ3v) is 3.28. The van der Waals surface area contributed by atoms with Gasteiger partial charge in [0.1, 0.15) is 5.60 Å². The van der Waals surface area contributed by atoms with Crippen LogP contribution in [0.5, 0.6) is 0 Å². The molecule has 2 heterocycles. The number of rotatable bonds is 1. The van der Waals surface area contributed by atoms with Crippen LogP contribution >= 0.6 is 0 Å². The Balaban J connectivity index is 2.13. The second-order valence-electron chi connectivity index (χ2n) is 6.07. The zero-order valence-electron chi connectivity index (χ0n) is 12.4. The van der Waals surface area contributed by atoms with Crippen molar-refractivity contribution in [1.82, 2.24) is 15.5 Å². The summed E-state index contributed by atoms with van der Waals surface area (Å²) in [6.45, 7) is 8.95. The summed E-state index contributed by atoms with van der Waals surface area (Å²) in [6.07, 6.45) is 0.0625. The van der Waals surface area contributed by atoms with Crippen LogP contribution in [0.4, 0.5) is 4.79 Å². The van der Waals surface area contributed by atoms with E-state index in [2.05, 4.69) is 15.6 Å². The van der Waals surface area contributed by atoms with Crippen molar-refractivity contribution in [2.24, 2.45) is 4.99 Å². The molecule has 1 saturated heterocycles. The van der Waals surface area contributed by atoms with Gasteiger partial charge < -0.3 is 10.1 Å². The van der Waals surface area contributed by atoms with E-state index in [-0.39, 0.29) is 11.9 Å². The van der Waals surface area contributed by atoms with Gasteiger partial charge in [-0.1, -0.05) is 0 Å². The maximum absolute atomic E-state index is 12.4. The summed E-state index contributed by atoms with van der Waals surface area (Å²) in [7, 11) is 0. The molecule has 112 valence electrons. The Kier molecular flexibility index (Phi) is 3.73. The Labute approximate surface area is 118 Å². The number of amides is 2. The molecule has 0 aromatic heterocycles. The fourth-order valence-electron chi connectivity index (χ4n) is 2.40. The van der Waals surface area contributed by atoms with Crippen LogP contribution in [-0.4, -0.2) is 53.6 Å². The van der Waals surface area contributed by atoms with E-state index in [9.17, 15) is 9.59 Å². The molecule has 20 heavy (non-hydrogen) atoms. The molecule has 7 heteroatoms. The Bertz CT molecular complexity index is 447. The minimum Gasteiger partial charge on any atom is -0.444 e. The molecule has 0 aliphatic carbocycles. The topological polar surface area (TPSA) is 83.0 Å². The minimum absolute atomic E-state index is 0.0592. The van der Waals surface area contributed by atoms with E-state index < -0.39 is 17.2 Å². The first-order chi connectivity index (χ1) is 9.27. The summed E-state index contributed by atoms with van der Waals surface area (Å²) < 4.78 is 5.19. The van der Waals surface area contributed by atoms with Crippen LogP contribution in [-0.2, 0) is 9.53 Å². The van der Waals surface area contributed by atoms with Crippen LogP contribution in [0.3, 0.4) is 0 Å². The van der Waals surface area contributed by atoms with Gasteiger partial charge in [0.2, 0.25) is 5.96 Å². The third kappa shape index (κ3) is 2.77. The van der Waals surface area contributed by atoms with Gasteiger partial charge in [0.25, 0.3) is 5.91 Å². The number of carbonyl (C=O) groups is 2. The van der Waals surface area contributed by atoms with Gasteiger partial charge in [-0.2, -0.15) is 0 Å². The van der Waals surface area contributed by atoms with Crippen molar-refractivity contribution in [3.8, 4) is 0 Å². The fraction of sp³-hybridized carbons (Fsp3) is 0.769. The third-order valence-electron chi connectivity index (χ3n) is 3.28. The number of alkyl carbamates (subject to hydrolysis) is 1. The highest BCUT2D eigenvalue weighted by Gasteiger charge is 2.50. The van der Waals surface area contributed by atoms with Crippen molar-refractivity contribution in [1.29, 1.82) is 0 Å². The molecule has 2 N–H and O–H groups in total. The average molecular weight is 282 g/mol. The van der Waals surface area contributed by atoms with Crippen LogP contribution in [0, 0.1) is 0 Å². The number of ether oxygens (including phenoxy) is 1. The van der Waals surface area contributed by atoms with Crippen LogP contribution < -0.4 is 10.6 Å². The van der Waals surface area contributed by atoms with Crippen molar-refractivity contribution < 1.29 is 14.3 Å². The van der Waals surface area contributed by atoms with Gasteiger partial charge in [0, 0.05) is 13.1 Å². The van der Waals surface area contributed by atoms with E-state index in [0.717, 1.165) is 6.54 Å². The molecule has 0 aromatic carbocycles. The number of aliphatic imine (C=N–C) groups is 1. The van der Waals surface area contributed by atoms with E-state index in [0.29, 0.717) is 19.5 Å². The van der Waals surface area contributed by atoms with Crippen molar-refractivity contribution in [2.75, 3.05) is 19.6 Å². The number of nitrogens with one attached hydrogen (secondary N) is 2. The summed E-state index contributed by atoms with van der Waals surface area (Å²) >= 11 is 0. The van der Waals surface area contributed by atoms with Crippen molar-refractivity contribution in [3.05, 3.63) is 0 Å². The van der Waals surface area contributed by atoms with Crippen molar-refractivity contribution in [3.63, 3.8) is 0 Å². The molecule has 0 bridgehead atoms. The van der Waals surface area contributed by atoms with E-state index in [1.165, 1.54) is 4.90 Å². The lowest BCUT2D eigenvalue weighted by atomic mass is 9.99. The van der Waals surface area contributed by atoms with Crippen molar-refractivity contribution in [2.45, 2.75) is 45.3 Å². The highest BCUT2D eigenvalue weighted by atomic mass is 16.6. The Hall–Kier alpha value is -1.63. The smallest absolute Gasteiger partial charge is 0.414 e. The molecule has 0 radical (unpaired) electrons. The van der Waals surface area contributed by atoms with Gasteiger partial charge in [-0.25, -0.2) is 9.79 Å². The highest BCUT2D eigenvalue weighted by molar-refractivity contribution is 6.11. The number of likely N-dealkylation sites (N-methyl/N-ethyl adjacent to an activating group) is 1. The van der Waals surface area contributed by atoms with Gasteiger partial charge >= 0.3 is 6.09 Å². The summed E-state index contributed by atoms with van der Waals surface area (Å²) in [5.74, 6) is 0.228. The summed E-state index contributed by atoms with van der Waals surface area (Å²) in [6, 6.07) is 0. The lowest BCUT2D eigenvalue weighted by molar-refractivity contribution is -0.130. The molecule has 0 saturated carbocycles. The average Bonchev–Trinajstić information content (AvgIpc) is 2.85. The second kappa shape index (κ2) is 5.05. The number of hydrogen-bond acceptors (Lipinski definition) is 5. The Morgan fingerprint density at radius 2 is 2.25 bits per heavy atom. The monoisotopic (exact) mass is 282 g/mol. The molecular formula is C13H22N4O3. The SMILES string of the molecule is CCN1C(=O)C2(CCNC2)N=C1NC(=O)OC(C)(C)C. The Morgan fingerprint density at radius 1 is 1.55 bits per heavy atom. The molecule has 1 spiro atoms. The number of guanidine groups is 1. The fourth-order valence-corrected chi connectivity index (χ4v) is 2.40. The maximum Gasteiger partial charge on any atom is 0.414 e. The summed E-state index contributed by atoms with van der Waals surface area (Å²) in [5, 5.41) is 5.73. The Morgan fingerprint density at radius 3 is 2.75 bits per heavy atom. The van der Waals surface area contributed by atoms with Gasteiger partial charge in [0.05, 0.1) is 0 Å². The summed E-state index contributed by atoms with van der Waals surface area (Å²) in [5.41, 5.74) is -1.34. The lowest BCUT2D eigenvalue weighted by Gasteiger charge is -2.22. The number of nitrogens with zero attached hydrogens (tertiary/aromatic N) is 2. The molecule has 2 aliphatic rings. The molecule has 2 aliphatic heterocycles. The first-order valence-electron chi connectivity index (χ1n) is 6.90. The summed E-state index contributed by atoms with van der Waals surface area (Å²) in [4.78, 5) is 30.2. The van der Waals surface area contributed by atoms with E-state index in [4.69, 9.17) is 4.74 Å². The van der Waals surface area contributed by atoms with E-state index >= 15 is 0 Å². The zero-order chi connectivity index (χ0) is 15.0. The highest BCUT2D eigenvalue weighted by Crippen LogP contribution is 2.28. The standard InChI is InChI=1S/C13H22N4O3/c1-5-17-9(18)13(6-7-14-8-13)16-10(17)15-11(19)20-12(2,3)4/h14H,5-8H2,1-4H3,(H,15,16,19). The molecule has 1 atom stereocenters. The van der Waals surface area contributed by atoms with Crippen LogP contribution in [0.15, 0.2) is 4.99 Å². The predicted molar refractivity (Wildman–Crippen MR) is 74.4 cm³/mol. The van der Waals surface area contributed by atoms with Gasteiger partial charge in [-0.3, -0.25) is 15.0 Å². The van der Waals surface area contributed by atoms with Crippen molar-refractivity contribution >= 4 is 18.0 Å². The normalized spacial score (nSPS) is 26.1. The molecule has 2 rings (SSSR count). The maximum atomic E-state index is 12.4. The van der Waals surface area contributed by atoms with E-state index in [1.54, 1.807) is 20.8 Å². The molecular weight excluding hydrogens is 260 g/mol. The quantitative estimate of drug-likeness (QED) is 0.732. The van der Waals surface area contributed by atoms with Crippen LogP contribution in [0.25, 0.3) is 0 Å². The predicted octanol–water partition coefficient (Wildman–Crippen LogP) is 0.461. The van der Waals surface area contributed by atoms with E-state index in [1.807, 2.05) is 6.92 Å². The van der Waals surface area contributed by atoms with Gasteiger partial charge in [-0.05, 0) is 40.7 Å². The zero-order valence-corrected chi connectivity index (χ0v) is 12.4. The van der Waals surface area contributed by atoms with Crippen LogP contribution in [0.1, 0.15) is 34.1 Å². The number of hydrogen-bond donors (Lipinski definition) is 2.